The highest BCUT2D eigenvalue weighted by Gasteiger charge is 2.47. The molecule has 1 unspecified atom stereocenters. The van der Waals surface area contributed by atoms with Crippen molar-refractivity contribution in [1.29, 1.82) is 0 Å². The lowest BCUT2D eigenvalue weighted by Gasteiger charge is -2.39. The molecule has 0 amide bonds. The summed E-state index contributed by atoms with van der Waals surface area (Å²) in [6.07, 6.45) is 29.3. The van der Waals surface area contributed by atoms with Crippen molar-refractivity contribution in [2.24, 2.45) is 21.7 Å². The van der Waals surface area contributed by atoms with Crippen LogP contribution in [-0.4, -0.2) is 14.6 Å². The van der Waals surface area contributed by atoms with Crippen LogP contribution in [0.25, 0.3) is 0 Å². The molecule has 0 fully saturated rings. The first-order valence-corrected chi connectivity index (χ1v) is 22.6. The van der Waals surface area contributed by atoms with Gasteiger partial charge < -0.3 is 0 Å². The first kappa shape index (κ1) is 48.8. The summed E-state index contributed by atoms with van der Waals surface area (Å²) in [5.41, 5.74) is 9.71. The Bertz CT molecular complexity index is 1170. The summed E-state index contributed by atoms with van der Waals surface area (Å²) in [6, 6.07) is 7.62. The van der Waals surface area contributed by atoms with Crippen LogP contribution in [0, 0.1) is 21.7 Å². The van der Waals surface area contributed by atoms with Gasteiger partial charge in [0.25, 0.3) is 0 Å². The van der Waals surface area contributed by atoms with Gasteiger partial charge in [-0.2, -0.15) is 0 Å². The first-order valence-electron chi connectivity index (χ1n) is 22.6. The van der Waals surface area contributed by atoms with Crippen molar-refractivity contribution >= 4 is 20.0 Å². The Morgan fingerprint density at radius 2 is 1.15 bits per heavy atom. The van der Waals surface area contributed by atoms with Gasteiger partial charge in [0, 0.05) is 11.3 Å². The third kappa shape index (κ3) is 14.2. The van der Waals surface area contributed by atoms with E-state index in [0.29, 0.717) is 16.7 Å². The van der Waals surface area contributed by atoms with Crippen molar-refractivity contribution in [3.8, 4) is 0 Å². The summed E-state index contributed by atoms with van der Waals surface area (Å²) >= 11 is 0. The Hall–Kier alpha value is -1.17. The molecule has 3 rings (SSSR count). The highest BCUT2D eigenvalue weighted by atomic mass is 14.5. The second-order valence-corrected chi connectivity index (χ2v) is 19.8. The maximum absolute atomic E-state index is 2.65. The van der Waals surface area contributed by atoms with Crippen LogP contribution in [0.4, 0.5) is 0 Å². The Morgan fingerprint density at radius 3 is 1.60 bits per heavy atom. The van der Waals surface area contributed by atoms with Gasteiger partial charge >= 0.3 is 0 Å². The van der Waals surface area contributed by atoms with Crippen LogP contribution in [0.3, 0.4) is 0 Å². The maximum Gasteiger partial charge on any atom is 0.152 e. The normalized spacial score (nSPS) is 16.7. The highest BCUT2D eigenvalue weighted by Crippen LogP contribution is 2.58. The third-order valence-electron chi connectivity index (χ3n) is 13.8. The van der Waals surface area contributed by atoms with E-state index in [1.165, 1.54) is 120 Å². The molecule has 0 saturated heterocycles. The topological polar surface area (TPSA) is 0 Å². The van der Waals surface area contributed by atoms with Crippen LogP contribution in [0.2, 0.25) is 13.1 Å². The van der Waals surface area contributed by atoms with Crippen molar-refractivity contribution in [1.82, 2.24) is 0 Å². The van der Waals surface area contributed by atoms with Crippen LogP contribution < -0.4 is 5.46 Å². The van der Waals surface area contributed by atoms with Crippen molar-refractivity contribution in [2.75, 3.05) is 0 Å². The molecule has 0 bridgehead atoms. The van der Waals surface area contributed by atoms with Gasteiger partial charge in [0.05, 0.1) is 0 Å². The van der Waals surface area contributed by atoms with Gasteiger partial charge in [-0.1, -0.05) is 247 Å². The van der Waals surface area contributed by atoms with E-state index in [2.05, 4.69) is 142 Å². The van der Waals surface area contributed by atoms with Gasteiger partial charge in [-0.25, -0.2) is 0 Å². The molecule has 0 N–H and O–H groups in total. The zero-order valence-corrected chi connectivity index (χ0v) is 38.3. The molecule has 1 aromatic rings. The summed E-state index contributed by atoms with van der Waals surface area (Å²) < 4.78 is 0. The zero-order chi connectivity index (χ0) is 39.6. The molecule has 296 valence electrons. The second-order valence-electron chi connectivity index (χ2n) is 19.8. The lowest BCUT2D eigenvalue weighted by Crippen LogP contribution is -2.33. The molecule has 0 heterocycles. The van der Waals surface area contributed by atoms with Crippen LogP contribution in [-0.2, 0) is 5.41 Å². The zero-order valence-electron chi connectivity index (χ0n) is 38.3. The summed E-state index contributed by atoms with van der Waals surface area (Å²) in [4.78, 5) is 0. The summed E-state index contributed by atoms with van der Waals surface area (Å²) in [5, 5.41) is 0. The Labute approximate surface area is 330 Å². The maximum atomic E-state index is 2.65. The van der Waals surface area contributed by atoms with E-state index < -0.39 is 0 Å². The number of allylic oxidation sites excluding steroid dienone is 4. The highest BCUT2D eigenvalue weighted by molar-refractivity contribution is 6.53. The fourth-order valence-corrected chi connectivity index (χ4v) is 8.04. The number of fused-ring (bicyclic) bond motifs is 3. The predicted octanol–water partition coefficient (Wildman–Crippen LogP) is 16.2. The van der Waals surface area contributed by atoms with Crippen molar-refractivity contribution in [3.63, 3.8) is 0 Å². The standard InChI is InChI=1S/C38H62B2.C10H22.C2H6/c1-9-11-13-15-17-19-25-38(26-20-18-16-14-12-10-2)34-27-30(39-8)21-23-32(34)33-24-22-31(28-35(33)38)40-29-37(6,7)36(3,4)5;1-7-8-10(5,6)9(2,3)4;1-2/h21-22,24,27-28,32H,9-20,23,25-26,29H2,1-8H3;7-8H2,1-6H3;1-2H3. The number of hydrogen-bond acceptors (Lipinski definition) is 0. The molecule has 52 heavy (non-hydrogen) atoms. The minimum absolute atomic E-state index is 0.224. The number of rotatable bonds is 20. The van der Waals surface area contributed by atoms with E-state index in [-0.39, 0.29) is 16.2 Å². The summed E-state index contributed by atoms with van der Waals surface area (Å²) in [7, 11) is 4.88. The van der Waals surface area contributed by atoms with Gasteiger partial charge in [-0.15, -0.1) is 0 Å². The van der Waals surface area contributed by atoms with E-state index in [0.717, 1.165) is 6.32 Å². The van der Waals surface area contributed by atoms with Crippen molar-refractivity contribution in [2.45, 2.75) is 237 Å². The smallest absolute Gasteiger partial charge is 0.0920 e. The molecule has 0 aliphatic heterocycles. The van der Waals surface area contributed by atoms with Gasteiger partial charge in [0.15, 0.2) is 7.28 Å². The number of benzene rings is 1. The van der Waals surface area contributed by atoms with E-state index in [1.54, 1.807) is 16.7 Å². The van der Waals surface area contributed by atoms with Gasteiger partial charge in [0.1, 0.15) is 7.28 Å². The van der Waals surface area contributed by atoms with E-state index in [1.807, 2.05) is 13.8 Å². The Balaban J connectivity index is 0.000000971. The summed E-state index contributed by atoms with van der Waals surface area (Å²) in [6.45, 7) is 36.9. The second kappa shape index (κ2) is 23.0. The molecule has 1 aromatic carbocycles. The minimum Gasteiger partial charge on any atom is -0.0920 e. The van der Waals surface area contributed by atoms with Crippen molar-refractivity contribution in [3.05, 3.63) is 52.5 Å². The van der Waals surface area contributed by atoms with Gasteiger partial charge in [0.2, 0.25) is 0 Å². The van der Waals surface area contributed by atoms with E-state index >= 15 is 0 Å². The minimum atomic E-state index is 0.224. The van der Waals surface area contributed by atoms with Crippen LogP contribution in [0.1, 0.15) is 230 Å². The molecule has 0 aromatic heterocycles. The average Bonchev–Trinajstić information content (AvgIpc) is 3.35. The fourth-order valence-electron chi connectivity index (χ4n) is 8.04. The molecule has 0 nitrogen and oxygen atoms in total. The molecule has 0 saturated carbocycles. The predicted molar refractivity (Wildman–Crippen MR) is 242 cm³/mol. The molecule has 2 heteroatoms. The summed E-state index contributed by atoms with van der Waals surface area (Å²) in [5.74, 6) is 0.582. The van der Waals surface area contributed by atoms with Gasteiger partial charge in [-0.3, -0.25) is 0 Å². The number of unbranched alkanes of at least 4 members (excludes halogenated alkanes) is 10. The van der Waals surface area contributed by atoms with E-state index in [9.17, 15) is 0 Å². The van der Waals surface area contributed by atoms with Crippen molar-refractivity contribution < 1.29 is 0 Å². The monoisotopic (exact) mass is 713 g/mol. The lowest BCUT2D eigenvalue weighted by molar-refractivity contribution is 0.119. The molecule has 0 spiro atoms. The lowest BCUT2D eigenvalue weighted by atomic mass is 9.53. The fraction of sp³-hybridized carbons (Fsp3) is 0.800. The van der Waals surface area contributed by atoms with Gasteiger partial charge in [-0.05, 0) is 58.5 Å². The van der Waals surface area contributed by atoms with Crippen LogP contribution in [0.15, 0.2) is 41.4 Å². The first-order chi connectivity index (χ1) is 24.4. The average molecular weight is 713 g/mol. The number of hydrogen-bond donors (Lipinski definition) is 0. The Morgan fingerprint density at radius 1 is 0.654 bits per heavy atom. The van der Waals surface area contributed by atoms with E-state index in [4.69, 9.17) is 0 Å². The SMILES string of the molecule is CC.CCCC(C)(C)C(C)(C)C.C[B]C1=CCC2C(=C1)C(CCCCCCCC)(CCCCCCCC)c1cc([B]CC(C)(C)C(C)(C)C)ccc12. The van der Waals surface area contributed by atoms with Crippen LogP contribution in [0.5, 0.6) is 0 Å². The molecule has 2 aliphatic rings. The molecule has 2 aliphatic carbocycles. The largest absolute Gasteiger partial charge is 0.152 e. The molecule has 2 radical (unpaired) electrons. The quantitative estimate of drug-likeness (QED) is 0.0933. The molecular formula is C50H90B2. The molecular weight excluding hydrogens is 622 g/mol. The Kier molecular flexibility index (Phi) is 21.6. The van der Waals surface area contributed by atoms with Crippen LogP contribution >= 0.6 is 0 Å². The third-order valence-corrected chi connectivity index (χ3v) is 13.8. The molecule has 1 atom stereocenters.